The van der Waals surface area contributed by atoms with Gasteiger partial charge < -0.3 is 28.4 Å². The molecular formula is C34H36N2O6S. The Labute approximate surface area is 257 Å². The topological polar surface area (TPSA) is 61.9 Å². The standard InChI is InChI=1S/C34H36N2O6S/c1-37-27-3-9-31(10-4-27)43-32-11-5-28(6-12-32)42-30-8-14-34-26(20-30)22-36(24-41-34)16-18-39-17-15-35-21-25-19-29(38-2)7-13-33(25)40-23-35/h3-14,19-20H,15-18,21-24H2,1-2H3. The molecule has 0 amide bonds. The monoisotopic (exact) mass is 600 g/mol. The zero-order chi connectivity index (χ0) is 29.4. The maximum atomic E-state index is 6.17. The molecule has 2 heterocycles. The van der Waals surface area contributed by atoms with Crippen LogP contribution in [0.4, 0.5) is 0 Å². The third kappa shape index (κ3) is 7.74. The SMILES string of the molecule is COc1ccc(Sc2ccc(Oc3ccc4c(c3)CN(CCOCCN3COc5ccc(OC)cc5C3)CO4)cc2)cc1. The molecule has 0 aromatic heterocycles. The van der Waals surface area contributed by atoms with Crippen LogP contribution in [0.2, 0.25) is 0 Å². The summed E-state index contributed by atoms with van der Waals surface area (Å²) in [4.78, 5) is 6.77. The Morgan fingerprint density at radius 1 is 0.605 bits per heavy atom. The average molecular weight is 601 g/mol. The van der Waals surface area contributed by atoms with E-state index in [4.69, 9.17) is 28.4 Å². The van der Waals surface area contributed by atoms with Gasteiger partial charge in [0.25, 0.3) is 0 Å². The van der Waals surface area contributed by atoms with Crippen molar-refractivity contribution in [2.24, 2.45) is 0 Å². The highest BCUT2D eigenvalue weighted by Crippen LogP contribution is 2.34. The maximum Gasteiger partial charge on any atom is 0.142 e. The Bertz CT molecular complexity index is 1500. The Morgan fingerprint density at radius 2 is 1.09 bits per heavy atom. The second kappa shape index (κ2) is 14.1. The molecule has 0 N–H and O–H groups in total. The van der Waals surface area contributed by atoms with Gasteiger partial charge in [-0.1, -0.05) is 11.8 Å². The van der Waals surface area contributed by atoms with Crippen LogP contribution in [0.15, 0.2) is 94.7 Å². The second-order valence-corrected chi connectivity index (χ2v) is 11.5. The molecule has 9 heteroatoms. The first-order valence-electron chi connectivity index (χ1n) is 14.3. The molecule has 0 fully saturated rings. The largest absolute Gasteiger partial charge is 0.497 e. The van der Waals surface area contributed by atoms with Crippen LogP contribution >= 0.6 is 11.8 Å². The normalized spacial score (nSPS) is 14.7. The van der Waals surface area contributed by atoms with Gasteiger partial charge in [0.2, 0.25) is 0 Å². The quantitative estimate of drug-likeness (QED) is 0.166. The third-order valence-electron chi connectivity index (χ3n) is 7.35. The lowest BCUT2D eigenvalue weighted by Gasteiger charge is -2.30. The number of rotatable bonds is 12. The van der Waals surface area contributed by atoms with E-state index in [2.05, 4.69) is 40.1 Å². The van der Waals surface area contributed by atoms with Crippen molar-refractivity contribution < 1.29 is 28.4 Å². The zero-order valence-electron chi connectivity index (χ0n) is 24.5. The Kier molecular flexibility index (Phi) is 9.54. The van der Waals surface area contributed by atoms with Crippen LogP contribution in [0.1, 0.15) is 11.1 Å². The van der Waals surface area contributed by atoms with E-state index in [1.807, 2.05) is 54.6 Å². The van der Waals surface area contributed by atoms with Crippen molar-refractivity contribution in [2.75, 3.05) is 54.0 Å². The summed E-state index contributed by atoms with van der Waals surface area (Å²) in [6.07, 6.45) is 0. The summed E-state index contributed by atoms with van der Waals surface area (Å²) >= 11 is 1.70. The second-order valence-electron chi connectivity index (χ2n) is 10.4. The third-order valence-corrected chi connectivity index (χ3v) is 8.37. The summed E-state index contributed by atoms with van der Waals surface area (Å²) in [7, 11) is 3.36. The minimum Gasteiger partial charge on any atom is -0.497 e. The van der Waals surface area contributed by atoms with Gasteiger partial charge in [0, 0.05) is 47.1 Å². The van der Waals surface area contributed by atoms with Crippen molar-refractivity contribution >= 4 is 11.8 Å². The molecular weight excluding hydrogens is 564 g/mol. The lowest BCUT2D eigenvalue weighted by Crippen LogP contribution is -2.36. The van der Waals surface area contributed by atoms with Gasteiger partial charge in [-0.15, -0.1) is 0 Å². The van der Waals surface area contributed by atoms with Crippen molar-refractivity contribution in [3.05, 3.63) is 96.1 Å². The predicted octanol–water partition coefficient (Wildman–Crippen LogP) is 6.67. The van der Waals surface area contributed by atoms with Gasteiger partial charge >= 0.3 is 0 Å². The highest BCUT2D eigenvalue weighted by atomic mass is 32.2. The first kappa shape index (κ1) is 29.2. The number of hydrogen-bond acceptors (Lipinski definition) is 9. The molecule has 0 aliphatic carbocycles. The number of nitrogens with zero attached hydrogens (tertiary/aromatic N) is 2. The highest BCUT2D eigenvalue weighted by Gasteiger charge is 2.19. The van der Waals surface area contributed by atoms with E-state index in [1.54, 1.807) is 26.0 Å². The van der Waals surface area contributed by atoms with E-state index in [0.717, 1.165) is 81.6 Å². The van der Waals surface area contributed by atoms with Crippen molar-refractivity contribution in [3.63, 3.8) is 0 Å². The molecule has 4 aromatic carbocycles. The van der Waals surface area contributed by atoms with Gasteiger partial charge in [-0.25, -0.2) is 0 Å². The molecule has 0 unspecified atom stereocenters. The van der Waals surface area contributed by atoms with E-state index in [-0.39, 0.29) is 0 Å². The maximum absolute atomic E-state index is 6.17. The van der Waals surface area contributed by atoms with Crippen LogP contribution in [0.3, 0.4) is 0 Å². The van der Waals surface area contributed by atoms with Crippen molar-refractivity contribution in [3.8, 4) is 34.5 Å². The van der Waals surface area contributed by atoms with E-state index in [9.17, 15) is 0 Å². The van der Waals surface area contributed by atoms with Crippen molar-refractivity contribution in [1.29, 1.82) is 0 Å². The van der Waals surface area contributed by atoms with Gasteiger partial charge in [0.1, 0.15) is 48.0 Å². The molecule has 0 radical (unpaired) electrons. The molecule has 224 valence electrons. The summed E-state index contributed by atoms with van der Waals surface area (Å²) in [6.45, 7) is 5.58. The zero-order valence-corrected chi connectivity index (χ0v) is 25.3. The Hall–Kier alpha value is -3.89. The highest BCUT2D eigenvalue weighted by molar-refractivity contribution is 7.99. The molecule has 4 aromatic rings. The summed E-state index contributed by atoms with van der Waals surface area (Å²) in [5.74, 6) is 5.11. The Balaban J connectivity index is 0.937. The van der Waals surface area contributed by atoms with Gasteiger partial charge in [0.15, 0.2) is 0 Å². The van der Waals surface area contributed by atoms with Crippen LogP contribution < -0.4 is 23.7 Å². The minimum atomic E-state index is 0.544. The molecule has 0 spiro atoms. The number of hydrogen-bond donors (Lipinski definition) is 0. The lowest BCUT2D eigenvalue weighted by atomic mass is 10.1. The molecule has 2 aliphatic heterocycles. The van der Waals surface area contributed by atoms with E-state index < -0.39 is 0 Å². The molecule has 8 nitrogen and oxygen atoms in total. The van der Waals surface area contributed by atoms with Crippen molar-refractivity contribution in [1.82, 2.24) is 9.80 Å². The van der Waals surface area contributed by atoms with Crippen molar-refractivity contribution in [2.45, 2.75) is 22.9 Å². The van der Waals surface area contributed by atoms with Gasteiger partial charge in [-0.05, 0) is 84.9 Å². The molecule has 2 aliphatic rings. The molecule has 0 saturated carbocycles. The van der Waals surface area contributed by atoms with E-state index >= 15 is 0 Å². The molecule has 0 saturated heterocycles. The minimum absolute atomic E-state index is 0.544. The fourth-order valence-corrected chi connectivity index (χ4v) is 5.81. The van der Waals surface area contributed by atoms with Crippen LogP contribution in [-0.2, 0) is 17.8 Å². The van der Waals surface area contributed by atoms with E-state index in [0.29, 0.717) is 26.7 Å². The Morgan fingerprint density at radius 3 is 1.65 bits per heavy atom. The fourth-order valence-electron chi connectivity index (χ4n) is 4.99. The summed E-state index contributed by atoms with van der Waals surface area (Å²) in [5.41, 5.74) is 2.24. The van der Waals surface area contributed by atoms with E-state index in [1.165, 1.54) is 0 Å². The number of ether oxygens (including phenoxy) is 6. The van der Waals surface area contributed by atoms with Gasteiger partial charge in [-0.3, -0.25) is 9.80 Å². The number of methoxy groups -OCH3 is 2. The van der Waals surface area contributed by atoms with Gasteiger partial charge in [-0.2, -0.15) is 0 Å². The van der Waals surface area contributed by atoms with Crippen LogP contribution in [0.25, 0.3) is 0 Å². The van der Waals surface area contributed by atoms with Crippen LogP contribution in [0, 0.1) is 0 Å². The van der Waals surface area contributed by atoms with Crippen LogP contribution in [-0.4, -0.2) is 63.8 Å². The predicted molar refractivity (Wildman–Crippen MR) is 166 cm³/mol. The molecule has 0 bridgehead atoms. The summed E-state index contributed by atoms with van der Waals surface area (Å²) in [5, 5.41) is 0. The molecule has 0 atom stereocenters. The lowest BCUT2D eigenvalue weighted by molar-refractivity contribution is 0.0269. The average Bonchev–Trinajstić information content (AvgIpc) is 3.05. The first-order chi connectivity index (χ1) is 21.1. The van der Waals surface area contributed by atoms with Crippen LogP contribution in [0.5, 0.6) is 34.5 Å². The molecule has 43 heavy (non-hydrogen) atoms. The summed E-state index contributed by atoms with van der Waals surface area (Å²) in [6, 6.07) is 28.1. The molecule has 6 rings (SSSR count). The number of fused-ring (bicyclic) bond motifs is 2. The fraction of sp³-hybridized carbons (Fsp3) is 0.294. The number of benzene rings is 4. The smallest absolute Gasteiger partial charge is 0.142 e. The van der Waals surface area contributed by atoms with Gasteiger partial charge in [0.05, 0.1) is 27.4 Å². The summed E-state index contributed by atoms with van der Waals surface area (Å²) < 4.78 is 34.6. The first-order valence-corrected chi connectivity index (χ1v) is 15.1.